The van der Waals surface area contributed by atoms with Crippen LogP contribution in [0.2, 0.25) is 0 Å². The molecule has 3 aromatic rings. The third-order valence-electron chi connectivity index (χ3n) is 5.55. The molecule has 0 amide bonds. The van der Waals surface area contributed by atoms with Crippen LogP contribution < -0.4 is 0 Å². The van der Waals surface area contributed by atoms with Gasteiger partial charge in [0.05, 0.1) is 0 Å². The summed E-state index contributed by atoms with van der Waals surface area (Å²) >= 11 is 0. The summed E-state index contributed by atoms with van der Waals surface area (Å²) in [5.41, 5.74) is 7.19. The zero-order valence-corrected chi connectivity index (χ0v) is 13.0. The molecule has 1 spiro atoms. The molecular weight excluding hydrogens is 280 g/mol. The number of hydrogen-bond donors (Lipinski definition) is 0. The van der Waals surface area contributed by atoms with E-state index in [1.807, 2.05) is 18.5 Å². The summed E-state index contributed by atoms with van der Waals surface area (Å²) < 4.78 is 0. The molecule has 0 saturated heterocycles. The van der Waals surface area contributed by atoms with Crippen LogP contribution in [0, 0.1) is 0 Å². The van der Waals surface area contributed by atoms with E-state index >= 15 is 0 Å². The van der Waals surface area contributed by atoms with Gasteiger partial charge in [-0.05, 0) is 47.2 Å². The SMILES string of the molecule is c1cnc(-c2ccc3c(c2)C2(CCCC2)c2ccccc2-3)nc1. The summed E-state index contributed by atoms with van der Waals surface area (Å²) in [6, 6.07) is 17.6. The molecule has 1 aromatic heterocycles. The summed E-state index contributed by atoms with van der Waals surface area (Å²) in [5.74, 6) is 0.819. The second kappa shape index (κ2) is 4.76. The van der Waals surface area contributed by atoms with Gasteiger partial charge in [-0.15, -0.1) is 0 Å². The highest BCUT2D eigenvalue weighted by Gasteiger charge is 2.44. The fourth-order valence-corrected chi connectivity index (χ4v) is 4.56. The Morgan fingerprint density at radius 3 is 2.30 bits per heavy atom. The summed E-state index contributed by atoms with van der Waals surface area (Å²) in [4.78, 5) is 8.86. The molecule has 0 unspecified atom stereocenters. The highest BCUT2D eigenvalue weighted by Crippen LogP contribution is 2.57. The minimum atomic E-state index is 0.219. The molecule has 2 aliphatic carbocycles. The van der Waals surface area contributed by atoms with Crippen molar-refractivity contribution in [2.24, 2.45) is 0 Å². The van der Waals surface area contributed by atoms with E-state index < -0.39 is 0 Å². The second-order valence-electron chi connectivity index (χ2n) is 6.67. The van der Waals surface area contributed by atoms with Gasteiger partial charge in [-0.25, -0.2) is 9.97 Å². The van der Waals surface area contributed by atoms with Crippen molar-refractivity contribution in [2.45, 2.75) is 31.1 Å². The van der Waals surface area contributed by atoms with Crippen LogP contribution in [0.25, 0.3) is 22.5 Å². The van der Waals surface area contributed by atoms with Crippen LogP contribution in [-0.2, 0) is 5.41 Å². The topological polar surface area (TPSA) is 25.8 Å². The van der Waals surface area contributed by atoms with Crippen molar-refractivity contribution in [3.05, 3.63) is 72.1 Å². The first-order valence-corrected chi connectivity index (χ1v) is 8.40. The molecule has 0 N–H and O–H groups in total. The first kappa shape index (κ1) is 13.0. The maximum Gasteiger partial charge on any atom is 0.159 e. The zero-order valence-electron chi connectivity index (χ0n) is 13.0. The monoisotopic (exact) mass is 298 g/mol. The molecule has 0 radical (unpaired) electrons. The van der Waals surface area contributed by atoms with Gasteiger partial charge in [-0.2, -0.15) is 0 Å². The van der Waals surface area contributed by atoms with Crippen LogP contribution in [-0.4, -0.2) is 9.97 Å². The Labute approximate surface area is 136 Å². The third-order valence-corrected chi connectivity index (χ3v) is 5.55. The van der Waals surface area contributed by atoms with E-state index in [4.69, 9.17) is 0 Å². The van der Waals surface area contributed by atoms with Crippen molar-refractivity contribution < 1.29 is 0 Å². The Hall–Kier alpha value is -2.48. The zero-order chi connectivity index (χ0) is 15.3. The molecule has 0 aliphatic heterocycles. The van der Waals surface area contributed by atoms with Crippen molar-refractivity contribution >= 4 is 0 Å². The van der Waals surface area contributed by atoms with Crippen LogP contribution in [0.3, 0.4) is 0 Å². The van der Waals surface area contributed by atoms with Gasteiger partial charge in [0.2, 0.25) is 0 Å². The van der Waals surface area contributed by atoms with E-state index in [1.54, 1.807) is 0 Å². The van der Waals surface area contributed by atoms with E-state index in [-0.39, 0.29) is 5.41 Å². The molecule has 2 heteroatoms. The Kier molecular flexibility index (Phi) is 2.69. The smallest absolute Gasteiger partial charge is 0.159 e. The number of rotatable bonds is 1. The number of hydrogen-bond acceptors (Lipinski definition) is 2. The van der Waals surface area contributed by atoms with Crippen molar-refractivity contribution in [1.82, 2.24) is 9.97 Å². The lowest BCUT2D eigenvalue weighted by Gasteiger charge is -2.26. The van der Waals surface area contributed by atoms with Gasteiger partial charge in [0.1, 0.15) is 0 Å². The molecule has 23 heavy (non-hydrogen) atoms. The predicted molar refractivity (Wildman–Crippen MR) is 92.2 cm³/mol. The van der Waals surface area contributed by atoms with Crippen LogP contribution in [0.5, 0.6) is 0 Å². The lowest BCUT2D eigenvalue weighted by Crippen LogP contribution is -2.20. The lowest BCUT2D eigenvalue weighted by atomic mass is 9.76. The van der Waals surface area contributed by atoms with E-state index in [1.165, 1.54) is 47.9 Å². The number of aromatic nitrogens is 2. The highest BCUT2D eigenvalue weighted by molar-refractivity contribution is 5.83. The van der Waals surface area contributed by atoms with Gasteiger partial charge < -0.3 is 0 Å². The molecular formula is C21H18N2. The van der Waals surface area contributed by atoms with Gasteiger partial charge >= 0.3 is 0 Å². The average Bonchev–Trinajstić information content (AvgIpc) is 3.22. The number of benzene rings is 2. The van der Waals surface area contributed by atoms with E-state index in [9.17, 15) is 0 Å². The first-order chi connectivity index (χ1) is 11.4. The van der Waals surface area contributed by atoms with E-state index in [2.05, 4.69) is 52.4 Å². The predicted octanol–water partition coefficient (Wildman–Crippen LogP) is 4.98. The molecule has 2 aromatic carbocycles. The third kappa shape index (κ3) is 1.75. The molecule has 2 nitrogen and oxygen atoms in total. The molecule has 1 heterocycles. The minimum absolute atomic E-state index is 0.219. The maximum atomic E-state index is 4.43. The summed E-state index contributed by atoms with van der Waals surface area (Å²) in [6.07, 6.45) is 8.79. The molecule has 1 fully saturated rings. The van der Waals surface area contributed by atoms with Crippen molar-refractivity contribution in [3.63, 3.8) is 0 Å². The Balaban J connectivity index is 1.76. The summed E-state index contributed by atoms with van der Waals surface area (Å²) in [5, 5.41) is 0. The maximum absolute atomic E-state index is 4.43. The molecule has 1 saturated carbocycles. The number of nitrogens with zero attached hydrogens (tertiary/aromatic N) is 2. The molecule has 2 aliphatic rings. The van der Waals surface area contributed by atoms with Gasteiger partial charge in [-0.3, -0.25) is 0 Å². The van der Waals surface area contributed by atoms with E-state index in [0.29, 0.717) is 0 Å². The van der Waals surface area contributed by atoms with Crippen LogP contribution in [0.1, 0.15) is 36.8 Å². The Morgan fingerprint density at radius 2 is 1.48 bits per heavy atom. The fourth-order valence-electron chi connectivity index (χ4n) is 4.56. The molecule has 5 rings (SSSR count). The molecule has 112 valence electrons. The average molecular weight is 298 g/mol. The fraction of sp³-hybridized carbons (Fsp3) is 0.238. The standard InChI is InChI=1S/C21H18N2/c1-2-7-18-16(6-1)17-9-8-15(20-22-12-5-13-23-20)14-19(17)21(18)10-3-4-11-21/h1-2,5-9,12-14H,3-4,10-11H2. The quantitative estimate of drug-likeness (QED) is 0.633. The van der Waals surface area contributed by atoms with Gasteiger partial charge in [0.15, 0.2) is 5.82 Å². The van der Waals surface area contributed by atoms with Gasteiger partial charge in [0, 0.05) is 23.4 Å². The van der Waals surface area contributed by atoms with Crippen molar-refractivity contribution in [2.75, 3.05) is 0 Å². The van der Waals surface area contributed by atoms with Crippen molar-refractivity contribution in [3.8, 4) is 22.5 Å². The van der Waals surface area contributed by atoms with E-state index in [0.717, 1.165) is 11.4 Å². The molecule has 0 bridgehead atoms. The van der Waals surface area contributed by atoms with Gasteiger partial charge in [-0.1, -0.05) is 49.2 Å². The normalized spacial score (nSPS) is 17.2. The van der Waals surface area contributed by atoms with Gasteiger partial charge in [0.25, 0.3) is 0 Å². The Bertz CT molecular complexity index is 877. The largest absolute Gasteiger partial charge is 0.237 e. The minimum Gasteiger partial charge on any atom is -0.237 e. The lowest BCUT2D eigenvalue weighted by molar-refractivity contribution is 0.550. The van der Waals surface area contributed by atoms with Crippen LogP contribution in [0.15, 0.2) is 60.9 Å². The number of fused-ring (bicyclic) bond motifs is 5. The second-order valence-corrected chi connectivity index (χ2v) is 6.67. The van der Waals surface area contributed by atoms with Crippen LogP contribution >= 0.6 is 0 Å². The highest BCUT2D eigenvalue weighted by atomic mass is 14.8. The first-order valence-electron chi connectivity index (χ1n) is 8.40. The molecule has 0 atom stereocenters. The summed E-state index contributed by atoms with van der Waals surface area (Å²) in [7, 11) is 0. The van der Waals surface area contributed by atoms with Crippen LogP contribution in [0.4, 0.5) is 0 Å². The van der Waals surface area contributed by atoms with Crippen molar-refractivity contribution in [1.29, 1.82) is 0 Å². The Morgan fingerprint density at radius 1 is 0.739 bits per heavy atom. The summed E-state index contributed by atoms with van der Waals surface area (Å²) in [6.45, 7) is 0.